The van der Waals surface area contributed by atoms with Crippen LogP contribution in [-0.2, 0) is 38.1 Å². The van der Waals surface area contributed by atoms with Gasteiger partial charge in [0.25, 0.3) is 0 Å². The molecule has 4 heterocycles. The van der Waals surface area contributed by atoms with Crippen LogP contribution in [0.2, 0.25) is 0 Å². The third kappa shape index (κ3) is 10.9. The van der Waals surface area contributed by atoms with Gasteiger partial charge in [-0.25, -0.2) is 37.9 Å². The molecule has 0 amide bonds. The Hall–Kier alpha value is -7.02. The molecule has 18 heteroatoms. The highest BCUT2D eigenvalue weighted by Gasteiger charge is 2.36. The minimum Gasteiger partial charge on any atom is -0.463 e. The van der Waals surface area contributed by atoms with Crippen LogP contribution in [0.25, 0.3) is 0 Å². The van der Waals surface area contributed by atoms with Gasteiger partial charge in [-0.3, -0.25) is 9.98 Å². The third-order valence-corrected chi connectivity index (χ3v) is 11.0. The molecule has 324 valence electrons. The normalized spacial score (nSPS) is 16.7. The van der Waals surface area contributed by atoms with Crippen LogP contribution >= 0.6 is 22.7 Å². The second-order valence-electron chi connectivity index (χ2n) is 13.8. The monoisotopic (exact) mass is 894 g/mol. The molecule has 0 unspecified atom stereocenters. The summed E-state index contributed by atoms with van der Waals surface area (Å²) >= 11 is 2.64. The van der Waals surface area contributed by atoms with Crippen LogP contribution in [-0.4, -0.2) is 70.9 Å². The molecule has 0 saturated carbocycles. The Labute approximate surface area is 369 Å². The van der Waals surface area contributed by atoms with Crippen molar-refractivity contribution < 1.29 is 46.9 Å². The first-order valence-corrected chi connectivity index (χ1v) is 21.3. The number of aromatic nitrogens is 2. The molecule has 2 aliphatic heterocycles. The van der Waals surface area contributed by atoms with Gasteiger partial charge in [0.15, 0.2) is 33.9 Å². The first-order chi connectivity index (χ1) is 30.3. The van der Waals surface area contributed by atoms with Crippen LogP contribution in [0, 0.1) is 35.8 Å². The Bertz CT molecular complexity index is 2640. The number of carbonyl (C=O) groups excluding carboxylic acids is 4. The first kappa shape index (κ1) is 45.5. The quantitative estimate of drug-likeness (QED) is 0.0618. The number of hydrogen-bond donors (Lipinski definition) is 2. The highest BCUT2D eigenvalue weighted by Crippen LogP contribution is 2.36. The number of terminal acetylenes is 1. The lowest BCUT2D eigenvalue weighted by atomic mass is 9.92. The molecule has 0 saturated heterocycles. The van der Waals surface area contributed by atoms with Crippen molar-refractivity contribution in [3.8, 4) is 24.2 Å². The Morgan fingerprint density at radius 2 is 1.27 bits per heavy atom. The molecule has 0 fully saturated rings. The molecule has 0 radical (unpaired) electrons. The number of carbonyl (C=O) groups is 4. The summed E-state index contributed by atoms with van der Waals surface area (Å²) in [6.45, 7) is 7.69. The maximum Gasteiger partial charge on any atom is 0.347 e. The number of ether oxygens (including phenoxy) is 4. The van der Waals surface area contributed by atoms with Crippen molar-refractivity contribution >= 4 is 58.2 Å². The van der Waals surface area contributed by atoms with E-state index in [9.17, 15) is 28.0 Å². The summed E-state index contributed by atoms with van der Waals surface area (Å²) in [5.41, 5.74) is 2.07. The van der Waals surface area contributed by atoms with Gasteiger partial charge in [-0.2, -0.15) is 0 Å². The van der Waals surface area contributed by atoms with Crippen molar-refractivity contribution in [2.45, 2.75) is 71.8 Å². The number of unbranched alkanes of at least 4 members (excludes halogenated alkanes) is 1. The van der Waals surface area contributed by atoms with E-state index >= 15 is 0 Å². The zero-order valence-corrected chi connectivity index (χ0v) is 36.2. The smallest absolute Gasteiger partial charge is 0.347 e. The fraction of sp³-hybridized carbons (Fsp3) is 0.289. The number of rotatable bonds is 14. The number of amidine groups is 2. The molecule has 2 N–H and O–H groups in total. The Morgan fingerprint density at radius 1 is 0.778 bits per heavy atom. The van der Waals surface area contributed by atoms with Crippen LogP contribution < -0.4 is 10.6 Å². The summed E-state index contributed by atoms with van der Waals surface area (Å²) in [5.74, 6) is 4.74. The minimum atomic E-state index is -1.33. The van der Waals surface area contributed by atoms with Gasteiger partial charge in [0, 0.05) is 52.1 Å². The summed E-state index contributed by atoms with van der Waals surface area (Å²) in [6, 6.07) is 5.71. The van der Waals surface area contributed by atoms with Crippen LogP contribution in [0.15, 0.2) is 92.1 Å². The third-order valence-electron chi connectivity index (χ3n) is 9.40. The standard InChI is InChI=1S/C45H40F2N6O8S2/c1-7-28-22-30(46)13-15-32(28)36-34(24(3)50-38(52-36)40-48-17-20-62-40)44(56)61-27(6)43(55)59-19-11-9-10-12-29-23-31(47)14-16-33(29)37-35(45(57)60-26(5)42(54)58-8-2)25(4)51-39(53-37)41-49-18-21-63-41/h1,13-18,20-23,26-27,36-37H,8-9,11,19H2,2-6H3,(H,50,52)(H,51,53)/t26-,27-,36+,37+/m1/s1. The fourth-order valence-corrected chi connectivity index (χ4v) is 7.58. The summed E-state index contributed by atoms with van der Waals surface area (Å²) < 4.78 is 50.3. The number of allylic oxidation sites excluding steroid dienone is 2. The van der Waals surface area contributed by atoms with Crippen molar-refractivity contribution in [2.75, 3.05) is 13.2 Å². The van der Waals surface area contributed by atoms with E-state index in [-0.39, 0.29) is 48.3 Å². The van der Waals surface area contributed by atoms with E-state index in [1.54, 1.807) is 43.9 Å². The van der Waals surface area contributed by atoms with E-state index < -0.39 is 59.8 Å². The molecule has 0 bridgehead atoms. The van der Waals surface area contributed by atoms with Gasteiger partial charge in [-0.1, -0.05) is 29.9 Å². The SMILES string of the molecule is C#Cc1cc(F)ccc1[C@@H]1N=C(c2nccs2)NC(C)=C1C(=O)O[C@H](C)C(=O)OCCCC#Cc1cc(F)ccc1[C@@H]1N=C(c2nccs2)NC(C)=C1C(=O)O[C@H](C)C(=O)OCC. The Balaban J connectivity index is 1.12. The topological polar surface area (TPSA) is 180 Å². The second kappa shape index (κ2) is 20.7. The molecule has 2 aliphatic rings. The number of nitrogens with zero attached hydrogens (tertiary/aromatic N) is 4. The molecule has 0 spiro atoms. The van der Waals surface area contributed by atoms with Gasteiger partial charge in [-0.05, 0) is 76.4 Å². The summed E-state index contributed by atoms with van der Waals surface area (Å²) in [4.78, 5) is 70.7. The predicted octanol–water partition coefficient (Wildman–Crippen LogP) is 6.39. The van der Waals surface area contributed by atoms with Crippen LogP contribution in [0.1, 0.15) is 91.8 Å². The lowest BCUT2D eigenvalue weighted by Crippen LogP contribution is -2.35. The van der Waals surface area contributed by atoms with Crippen molar-refractivity contribution in [1.82, 2.24) is 20.6 Å². The number of benzene rings is 2. The predicted molar refractivity (Wildman–Crippen MR) is 230 cm³/mol. The van der Waals surface area contributed by atoms with E-state index in [0.29, 0.717) is 44.2 Å². The lowest BCUT2D eigenvalue weighted by molar-refractivity contribution is -0.164. The van der Waals surface area contributed by atoms with E-state index in [1.807, 2.05) is 0 Å². The van der Waals surface area contributed by atoms with Gasteiger partial charge in [0.05, 0.1) is 24.4 Å². The number of nitrogens with one attached hydrogen (secondary N) is 2. The van der Waals surface area contributed by atoms with E-state index in [4.69, 9.17) is 35.4 Å². The van der Waals surface area contributed by atoms with Crippen molar-refractivity contribution in [1.29, 1.82) is 0 Å². The fourth-order valence-electron chi connectivity index (χ4n) is 6.41. The van der Waals surface area contributed by atoms with E-state index in [1.165, 1.54) is 72.9 Å². The first-order valence-electron chi connectivity index (χ1n) is 19.5. The molecule has 2 aromatic heterocycles. The number of aliphatic imine (C=N–C) groups is 2. The minimum absolute atomic E-state index is 0.0561. The zero-order chi connectivity index (χ0) is 45.2. The van der Waals surface area contributed by atoms with Crippen molar-refractivity contribution in [3.05, 3.63) is 126 Å². The van der Waals surface area contributed by atoms with Crippen molar-refractivity contribution in [2.24, 2.45) is 9.98 Å². The molecule has 14 nitrogen and oxygen atoms in total. The Morgan fingerprint density at radius 3 is 1.75 bits per heavy atom. The largest absolute Gasteiger partial charge is 0.463 e. The zero-order valence-electron chi connectivity index (χ0n) is 34.6. The molecule has 2 aromatic carbocycles. The highest BCUT2D eigenvalue weighted by atomic mass is 32.1. The molecular weight excluding hydrogens is 855 g/mol. The molecule has 4 atom stereocenters. The highest BCUT2D eigenvalue weighted by molar-refractivity contribution is 7.12. The average Bonchev–Trinajstić information content (AvgIpc) is 4.01. The van der Waals surface area contributed by atoms with E-state index in [0.717, 1.165) is 0 Å². The summed E-state index contributed by atoms with van der Waals surface area (Å²) in [6.07, 6.45) is 6.83. The van der Waals surface area contributed by atoms with Gasteiger partial charge >= 0.3 is 23.9 Å². The molecule has 4 aromatic rings. The van der Waals surface area contributed by atoms with Crippen LogP contribution in [0.5, 0.6) is 0 Å². The van der Waals surface area contributed by atoms with Gasteiger partial charge < -0.3 is 29.6 Å². The number of esters is 4. The maximum absolute atomic E-state index is 14.7. The molecular formula is C45H40F2N6O8S2. The number of thiazole rings is 2. The number of hydrogen-bond acceptors (Lipinski definition) is 16. The van der Waals surface area contributed by atoms with Crippen LogP contribution in [0.3, 0.4) is 0 Å². The van der Waals surface area contributed by atoms with Gasteiger partial charge in [0.2, 0.25) is 0 Å². The molecule has 0 aliphatic carbocycles. The number of halogens is 2. The Kier molecular flexibility index (Phi) is 14.9. The molecule has 63 heavy (non-hydrogen) atoms. The lowest BCUT2D eigenvalue weighted by Gasteiger charge is -2.27. The van der Waals surface area contributed by atoms with Gasteiger partial charge in [0.1, 0.15) is 23.7 Å². The van der Waals surface area contributed by atoms with Gasteiger partial charge in [-0.15, -0.1) is 29.1 Å². The van der Waals surface area contributed by atoms with Crippen molar-refractivity contribution in [3.63, 3.8) is 0 Å². The molecule has 6 rings (SSSR count). The second-order valence-corrected chi connectivity index (χ2v) is 15.6. The average molecular weight is 895 g/mol. The van der Waals surface area contributed by atoms with E-state index in [2.05, 4.69) is 38.4 Å². The van der Waals surface area contributed by atoms with Crippen LogP contribution in [0.4, 0.5) is 8.78 Å². The maximum atomic E-state index is 14.7. The summed E-state index contributed by atoms with van der Waals surface area (Å²) in [5, 5.41) is 10.8. The summed E-state index contributed by atoms with van der Waals surface area (Å²) in [7, 11) is 0.